The molecular weight excluding hydrogens is 354 g/mol. The van der Waals surface area contributed by atoms with Crippen molar-refractivity contribution in [2.24, 2.45) is 45.8 Å². The van der Waals surface area contributed by atoms with E-state index in [4.69, 9.17) is 4.74 Å². The predicted molar refractivity (Wildman–Crippen MR) is 121 cm³/mol. The number of nitrogens with one attached hydrogen (secondary N) is 1. The fraction of sp³-hybridized carbons (Fsp3) is 1.00. The first-order valence-electron chi connectivity index (χ1n) is 12.9. The zero-order chi connectivity index (χ0) is 20.7. The number of methoxy groups -OCH3 is 1. The Hall–Kier alpha value is -0.0800. The van der Waals surface area contributed by atoms with E-state index in [-0.39, 0.29) is 0 Å². The van der Waals surface area contributed by atoms with Gasteiger partial charge in [-0.2, -0.15) is 0 Å². The number of hydrogen-bond donors (Lipinski definition) is 1. The SMILES string of the molecule is CO[C@@H]1CC[C@]2(C)C3CC[C@]4(C)C([C@@H]5CNC(C)(C)C5)CC[C@@]4(C)C3CC[C@H]2C1. The maximum atomic E-state index is 5.81. The number of rotatable bonds is 2. The molecule has 29 heavy (non-hydrogen) atoms. The molecule has 4 aliphatic carbocycles. The van der Waals surface area contributed by atoms with Crippen LogP contribution in [0.25, 0.3) is 0 Å². The lowest BCUT2D eigenvalue weighted by atomic mass is 9.40. The standard InChI is InChI=1S/C27H47NO/c1-24(2)16-18(17-28-24)21-10-13-27(5)23-8-7-19-15-20(29-6)9-12-25(19,3)22(23)11-14-26(21,27)4/h18-23,28H,7-17H2,1-6H3/t18-,19-,20+,21?,22?,23?,25-,26+,27-/m0/s1. The highest BCUT2D eigenvalue weighted by molar-refractivity contribution is 5.15. The first kappa shape index (κ1) is 20.8. The minimum atomic E-state index is 0.350. The van der Waals surface area contributed by atoms with Gasteiger partial charge in [0.15, 0.2) is 0 Å². The van der Waals surface area contributed by atoms with Crippen molar-refractivity contribution in [3.05, 3.63) is 0 Å². The Morgan fingerprint density at radius 2 is 1.45 bits per heavy atom. The summed E-state index contributed by atoms with van der Waals surface area (Å²) in [6.07, 6.45) is 14.9. The fourth-order valence-electron chi connectivity index (χ4n) is 10.1. The minimum Gasteiger partial charge on any atom is -0.381 e. The Bertz CT molecular complexity index is 644. The van der Waals surface area contributed by atoms with Crippen molar-refractivity contribution in [1.29, 1.82) is 0 Å². The molecule has 166 valence electrons. The summed E-state index contributed by atoms with van der Waals surface area (Å²) in [6.45, 7) is 14.3. The predicted octanol–water partition coefficient (Wildman–Crippen LogP) is 6.44. The Balaban J connectivity index is 1.40. The van der Waals surface area contributed by atoms with Crippen molar-refractivity contribution in [2.45, 2.75) is 110 Å². The molecule has 0 spiro atoms. The van der Waals surface area contributed by atoms with Crippen LogP contribution in [0.5, 0.6) is 0 Å². The lowest BCUT2D eigenvalue weighted by Crippen LogP contribution is -2.58. The van der Waals surface area contributed by atoms with Crippen LogP contribution in [0.4, 0.5) is 0 Å². The fourth-order valence-corrected chi connectivity index (χ4v) is 10.1. The molecule has 0 aromatic carbocycles. The van der Waals surface area contributed by atoms with Crippen LogP contribution >= 0.6 is 0 Å². The molecule has 5 fully saturated rings. The second-order valence-electron chi connectivity index (χ2n) is 13.4. The molecule has 5 aliphatic rings. The van der Waals surface area contributed by atoms with E-state index in [9.17, 15) is 0 Å². The Labute approximate surface area is 180 Å². The summed E-state index contributed by atoms with van der Waals surface area (Å²) in [5.41, 5.74) is 2.06. The van der Waals surface area contributed by atoms with Crippen LogP contribution < -0.4 is 5.32 Å². The average molecular weight is 402 g/mol. The molecule has 2 heteroatoms. The lowest BCUT2D eigenvalue weighted by Gasteiger charge is -2.65. The number of ether oxygens (including phenoxy) is 1. The van der Waals surface area contributed by atoms with Crippen LogP contribution in [0.2, 0.25) is 0 Å². The first-order valence-corrected chi connectivity index (χ1v) is 12.9. The van der Waals surface area contributed by atoms with Gasteiger partial charge in [-0.3, -0.25) is 0 Å². The van der Waals surface area contributed by atoms with E-state index in [0.717, 1.165) is 29.6 Å². The molecule has 1 N–H and O–H groups in total. The van der Waals surface area contributed by atoms with E-state index in [1.165, 1.54) is 70.8 Å². The Morgan fingerprint density at radius 3 is 2.10 bits per heavy atom. The van der Waals surface area contributed by atoms with Gasteiger partial charge >= 0.3 is 0 Å². The van der Waals surface area contributed by atoms with E-state index in [1.807, 2.05) is 7.11 Å². The van der Waals surface area contributed by atoms with Crippen molar-refractivity contribution in [3.63, 3.8) is 0 Å². The molecule has 3 unspecified atom stereocenters. The van der Waals surface area contributed by atoms with E-state index >= 15 is 0 Å². The lowest BCUT2D eigenvalue weighted by molar-refractivity contribution is -0.167. The molecule has 5 rings (SSSR count). The van der Waals surface area contributed by atoms with Crippen LogP contribution in [0.1, 0.15) is 98.8 Å². The number of fused-ring (bicyclic) bond motifs is 5. The van der Waals surface area contributed by atoms with Crippen molar-refractivity contribution < 1.29 is 4.74 Å². The monoisotopic (exact) mass is 401 g/mol. The van der Waals surface area contributed by atoms with Crippen molar-refractivity contribution in [1.82, 2.24) is 5.32 Å². The smallest absolute Gasteiger partial charge is 0.0574 e. The topological polar surface area (TPSA) is 21.3 Å². The first-order chi connectivity index (χ1) is 13.6. The van der Waals surface area contributed by atoms with Crippen molar-refractivity contribution >= 4 is 0 Å². The van der Waals surface area contributed by atoms with E-state index in [1.54, 1.807) is 0 Å². The summed E-state index contributed by atoms with van der Waals surface area (Å²) in [4.78, 5) is 0. The summed E-state index contributed by atoms with van der Waals surface area (Å²) in [5.74, 6) is 4.69. The third kappa shape index (κ3) is 2.86. The van der Waals surface area contributed by atoms with Gasteiger partial charge in [0.05, 0.1) is 6.10 Å². The highest BCUT2D eigenvalue weighted by Crippen LogP contribution is 2.73. The van der Waals surface area contributed by atoms with Crippen LogP contribution in [0.3, 0.4) is 0 Å². The average Bonchev–Trinajstić information content (AvgIpc) is 3.17. The second-order valence-corrected chi connectivity index (χ2v) is 13.4. The van der Waals surface area contributed by atoms with Gasteiger partial charge in [-0.15, -0.1) is 0 Å². The van der Waals surface area contributed by atoms with Crippen LogP contribution in [0.15, 0.2) is 0 Å². The molecule has 9 atom stereocenters. The Morgan fingerprint density at radius 1 is 0.759 bits per heavy atom. The zero-order valence-electron chi connectivity index (χ0n) is 20.2. The summed E-state index contributed by atoms with van der Waals surface area (Å²) < 4.78 is 5.81. The Kier molecular flexibility index (Phi) is 4.81. The summed E-state index contributed by atoms with van der Waals surface area (Å²) in [7, 11) is 1.93. The van der Waals surface area contributed by atoms with Crippen molar-refractivity contribution in [2.75, 3.05) is 13.7 Å². The zero-order valence-corrected chi connectivity index (χ0v) is 20.2. The quantitative estimate of drug-likeness (QED) is 0.575. The third-order valence-corrected chi connectivity index (χ3v) is 12.1. The number of hydrogen-bond acceptors (Lipinski definition) is 2. The van der Waals surface area contributed by atoms with E-state index in [0.29, 0.717) is 27.9 Å². The summed E-state index contributed by atoms with van der Waals surface area (Å²) in [5, 5.41) is 3.85. The van der Waals surface area contributed by atoms with Gasteiger partial charge in [0, 0.05) is 12.6 Å². The second kappa shape index (κ2) is 6.71. The maximum absolute atomic E-state index is 5.81. The van der Waals surface area contributed by atoms with Gasteiger partial charge in [-0.05, 0) is 130 Å². The highest BCUT2D eigenvalue weighted by Gasteiger charge is 2.66. The molecule has 0 bridgehead atoms. The van der Waals surface area contributed by atoms with E-state index < -0.39 is 0 Å². The third-order valence-electron chi connectivity index (χ3n) is 12.1. The molecule has 0 aromatic rings. The van der Waals surface area contributed by atoms with Crippen LogP contribution in [0, 0.1) is 45.8 Å². The summed E-state index contributed by atoms with van der Waals surface area (Å²) >= 11 is 0. The van der Waals surface area contributed by atoms with Gasteiger partial charge in [0.1, 0.15) is 0 Å². The van der Waals surface area contributed by atoms with Gasteiger partial charge in [0.25, 0.3) is 0 Å². The molecule has 4 saturated carbocycles. The van der Waals surface area contributed by atoms with Crippen molar-refractivity contribution in [3.8, 4) is 0 Å². The normalized spacial score (nSPS) is 56.5. The maximum Gasteiger partial charge on any atom is 0.0574 e. The van der Waals surface area contributed by atoms with Gasteiger partial charge < -0.3 is 10.1 Å². The minimum absolute atomic E-state index is 0.350. The molecule has 1 aliphatic heterocycles. The van der Waals surface area contributed by atoms with Gasteiger partial charge in [0.2, 0.25) is 0 Å². The largest absolute Gasteiger partial charge is 0.381 e. The molecule has 2 nitrogen and oxygen atoms in total. The summed E-state index contributed by atoms with van der Waals surface area (Å²) in [6, 6.07) is 0. The highest BCUT2D eigenvalue weighted by atomic mass is 16.5. The van der Waals surface area contributed by atoms with E-state index in [2.05, 4.69) is 39.9 Å². The molecule has 0 aromatic heterocycles. The molecule has 1 saturated heterocycles. The van der Waals surface area contributed by atoms with Crippen LogP contribution in [-0.4, -0.2) is 25.3 Å². The van der Waals surface area contributed by atoms with Gasteiger partial charge in [-0.1, -0.05) is 20.8 Å². The molecule has 0 amide bonds. The molecule has 1 heterocycles. The molecular formula is C27H47NO. The molecule has 0 radical (unpaired) electrons. The van der Waals surface area contributed by atoms with Crippen LogP contribution in [-0.2, 0) is 4.74 Å². The van der Waals surface area contributed by atoms with Gasteiger partial charge in [-0.25, -0.2) is 0 Å².